The van der Waals surface area contributed by atoms with Gasteiger partial charge in [-0.3, -0.25) is 0 Å². The number of unbranched alkanes of at least 4 members (excludes halogenated alkanes) is 5. The summed E-state index contributed by atoms with van der Waals surface area (Å²) in [4.78, 5) is 0. The Morgan fingerprint density at radius 1 is 0.905 bits per heavy atom. The quantitative estimate of drug-likeness (QED) is 0.508. The molecule has 0 bridgehead atoms. The highest BCUT2D eigenvalue weighted by molar-refractivity contribution is 4.88. The molecule has 0 spiro atoms. The van der Waals surface area contributed by atoms with E-state index in [2.05, 4.69) is 48.5 Å². The summed E-state index contributed by atoms with van der Waals surface area (Å²) in [6.07, 6.45) is 9.53. The second-order valence-electron chi connectivity index (χ2n) is 8.24. The third-order valence-electron chi connectivity index (χ3n) is 4.57. The predicted molar refractivity (Wildman–Crippen MR) is 94.6 cm³/mol. The van der Waals surface area contributed by atoms with Crippen molar-refractivity contribution in [3.8, 4) is 0 Å². The van der Waals surface area contributed by atoms with Crippen LogP contribution in [0, 0.1) is 11.3 Å². The Morgan fingerprint density at radius 3 is 1.90 bits per heavy atom. The second kappa shape index (κ2) is 9.84. The monoisotopic (exact) mass is 299 g/mol. The van der Waals surface area contributed by atoms with Crippen molar-refractivity contribution in [1.29, 1.82) is 0 Å². The Bertz CT molecular complexity index is 255. The van der Waals surface area contributed by atoms with Gasteiger partial charge in [0.1, 0.15) is 0 Å². The fraction of sp³-hybridized carbons (Fsp3) is 1.00. The van der Waals surface area contributed by atoms with Gasteiger partial charge in [-0.15, -0.1) is 0 Å². The molecule has 21 heavy (non-hydrogen) atoms. The molecule has 2 unspecified atom stereocenters. The lowest BCUT2D eigenvalue weighted by Gasteiger charge is -2.44. The van der Waals surface area contributed by atoms with Crippen molar-refractivity contribution < 1.29 is 4.74 Å². The van der Waals surface area contributed by atoms with Gasteiger partial charge in [-0.2, -0.15) is 0 Å². The molecule has 0 radical (unpaired) electrons. The molecular formula is C19H41NO. The van der Waals surface area contributed by atoms with Crippen LogP contribution in [0.5, 0.6) is 0 Å². The van der Waals surface area contributed by atoms with E-state index in [1.807, 2.05) is 0 Å². The maximum atomic E-state index is 6.25. The largest absolute Gasteiger partial charge is 0.371 e. The molecule has 2 nitrogen and oxygen atoms in total. The van der Waals surface area contributed by atoms with E-state index < -0.39 is 0 Å². The molecule has 128 valence electrons. The fourth-order valence-corrected chi connectivity index (χ4v) is 3.60. The van der Waals surface area contributed by atoms with Crippen LogP contribution in [0.2, 0.25) is 0 Å². The molecule has 0 amide bonds. The number of hydrogen-bond donors (Lipinski definition) is 1. The van der Waals surface area contributed by atoms with Crippen molar-refractivity contribution in [2.45, 2.75) is 105 Å². The van der Waals surface area contributed by atoms with Gasteiger partial charge in [0.25, 0.3) is 0 Å². The van der Waals surface area contributed by atoms with Gasteiger partial charge in [0.2, 0.25) is 0 Å². The van der Waals surface area contributed by atoms with Crippen molar-refractivity contribution in [3.63, 3.8) is 0 Å². The molecule has 2 N–H and O–H groups in total. The molecule has 0 saturated carbocycles. The zero-order valence-electron chi connectivity index (χ0n) is 15.8. The van der Waals surface area contributed by atoms with E-state index in [0.717, 1.165) is 0 Å². The van der Waals surface area contributed by atoms with Crippen LogP contribution in [0.3, 0.4) is 0 Å². The van der Waals surface area contributed by atoms with Crippen LogP contribution >= 0.6 is 0 Å². The van der Waals surface area contributed by atoms with Crippen molar-refractivity contribution >= 4 is 0 Å². The van der Waals surface area contributed by atoms with Gasteiger partial charge in [0.15, 0.2) is 0 Å². The molecule has 0 fully saturated rings. The summed E-state index contributed by atoms with van der Waals surface area (Å²) >= 11 is 0. The Kier molecular flexibility index (Phi) is 9.80. The van der Waals surface area contributed by atoms with Crippen LogP contribution in [0.1, 0.15) is 93.4 Å². The summed E-state index contributed by atoms with van der Waals surface area (Å²) in [5, 5.41) is 0. The van der Waals surface area contributed by atoms with E-state index in [1.54, 1.807) is 0 Å². The van der Waals surface area contributed by atoms with E-state index in [9.17, 15) is 0 Å². The van der Waals surface area contributed by atoms with Gasteiger partial charge >= 0.3 is 0 Å². The average Bonchev–Trinajstić information content (AvgIpc) is 2.35. The first-order valence-electron chi connectivity index (χ1n) is 9.03. The van der Waals surface area contributed by atoms with E-state index in [4.69, 9.17) is 10.5 Å². The molecule has 0 rings (SSSR count). The first kappa shape index (κ1) is 20.9. The van der Waals surface area contributed by atoms with Gasteiger partial charge in [-0.1, -0.05) is 66.2 Å². The highest BCUT2D eigenvalue weighted by Crippen LogP contribution is 2.40. The molecule has 0 aromatic carbocycles. The molecular weight excluding hydrogens is 258 g/mol. The van der Waals surface area contributed by atoms with E-state index in [1.165, 1.54) is 44.9 Å². The maximum absolute atomic E-state index is 6.25. The first-order chi connectivity index (χ1) is 9.65. The van der Waals surface area contributed by atoms with Crippen molar-refractivity contribution in [2.75, 3.05) is 6.54 Å². The molecule has 0 saturated heterocycles. The number of nitrogens with two attached hydrogens (primary N) is 1. The van der Waals surface area contributed by atoms with Gasteiger partial charge in [0, 0.05) is 6.54 Å². The molecule has 0 aliphatic rings. The maximum Gasteiger partial charge on any atom is 0.0676 e. The Labute approximate surface area is 134 Å². The van der Waals surface area contributed by atoms with Crippen LogP contribution in [0.15, 0.2) is 0 Å². The zero-order valence-corrected chi connectivity index (χ0v) is 15.8. The van der Waals surface area contributed by atoms with Gasteiger partial charge in [-0.05, 0) is 38.5 Å². The minimum Gasteiger partial charge on any atom is -0.371 e. The summed E-state index contributed by atoms with van der Waals surface area (Å²) in [6.45, 7) is 16.4. The Balaban J connectivity index is 4.45. The predicted octanol–water partition coefficient (Wildman–Crippen LogP) is 5.54. The van der Waals surface area contributed by atoms with Crippen LogP contribution in [0.25, 0.3) is 0 Å². The first-order valence-corrected chi connectivity index (χ1v) is 9.03. The molecule has 2 atom stereocenters. The molecule has 0 aromatic rings. The molecule has 0 aromatic heterocycles. The topological polar surface area (TPSA) is 35.2 Å². The lowest BCUT2D eigenvalue weighted by molar-refractivity contribution is -0.124. The molecule has 0 aliphatic heterocycles. The minimum atomic E-state index is -0.111. The summed E-state index contributed by atoms with van der Waals surface area (Å²) < 4.78 is 6.25. The number of rotatable bonds is 11. The highest BCUT2D eigenvalue weighted by atomic mass is 16.5. The summed E-state index contributed by atoms with van der Waals surface area (Å²) in [6, 6.07) is 0. The fourth-order valence-electron chi connectivity index (χ4n) is 3.60. The van der Waals surface area contributed by atoms with E-state index in [0.29, 0.717) is 12.5 Å². The van der Waals surface area contributed by atoms with E-state index in [-0.39, 0.29) is 17.1 Å². The van der Waals surface area contributed by atoms with Gasteiger partial charge < -0.3 is 10.5 Å². The summed E-state index contributed by atoms with van der Waals surface area (Å²) in [5.74, 6) is 0.560. The summed E-state index contributed by atoms with van der Waals surface area (Å²) in [7, 11) is 0. The lowest BCUT2D eigenvalue weighted by Crippen LogP contribution is -2.45. The SMILES string of the molecule is CCCCCCCCC(C(C)(C)C)C(C)(C)OC(C)CN. The molecule has 0 heterocycles. The standard InChI is InChI=1S/C19H41NO/c1-8-9-10-11-12-13-14-17(18(3,4)5)19(6,7)21-16(2)15-20/h16-17H,8-15,20H2,1-7H3. The lowest BCUT2D eigenvalue weighted by atomic mass is 9.69. The van der Waals surface area contributed by atoms with E-state index >= 15 is 0 Å². The Hall–Kier alpha value is -0.0800. The van der Waals surface area contributed by atoms with Crippen molar-refractivity contribution in [1.82, 2.24) is 0 Å². The number of ether oxygens (including phenoxy) is 1. The molecule has 0 aliphatic carbocycles. The third kappa shape index (κ3) is 8.83. The van der Waals surface area contributed by atoms with Gasteiger partial charge in [-0.25, -0.2) is 0 Å². The van der Waals surface area contributed by atoms with Crippen LogP contribution in [-0.2, 0) is 4.74 Å². The second-order valence-corrected chi connectivity index (χ2v) is 8.24. The van der Waals surface area contributed by atoms with Crippen molar-refractivity contribution in [2.24, 2.45) is 17.1 Å². The normalized spacial score (nSPS) is 16.0. The summed E-state index contributed by atoms with van der Waals surface area (Å²) in [5.41, 5.74) is 5.89. The highest BCUT2D eigenvalue weighted by Gasteiger charge is 2.39. The molecule has 2 heteroatoms. The third-order valence-corrected chi connectivity index (χ3v) is 4.57. The average molecular weight is 300 g/mol. The van der Waals surface area contributed by atoms with Crippen LogP contribution in [0.4, 0.5) is 0 Å². The van der Waals surface area contributed by atoms with Crippen molar-refractivity contribution in [3.05, 3.63) is 0 Å². The minimum absolute atomic E-state index is 0.111. The van der Waals surface area contributed by atoms with Crippen LogP contribution in [-0.4, -0.2) is 18.2 Å². The zero-order chi connectivity index (χ0) is 16.5. The Morgan fingerprint density at radius 2 is 1.43 bits per heavy atom. The van der Waals surface area contributed by atoms with Gasteiger partial charge in [0.05, 0.1) is 11.7 Å². The number of hydrogen-bond acceptors (Lipinski definition) is 2. The smallest absolute Gasteiger partial charge is 0.0676 e. The van der Waals surface area contributed by atoms with Crippen LogP contribution < -0.4 is 5.73 Å².